The Hall–Kier alpha value is -1.83. The van der Waals surface area contributed by atoms with Crippen LogP contribution >= 0.6 is 23.4 Å². The van der Waals surface area contributed by atoms with Crippen molar-refractivity contribution in [1.29, 1.82) is 0 Å². The van der Waals surface area contributed by atoms with Crippen molar-refractivity contribution in [3.63, 3.8) is 0 Å². The van der Waals surface area contributed by atoms with Crippen LogP contribution in [0.4, 0.5) is 0 Å². The van der Waals surface area contributed by atoms with E-state index >= 15 is 0 Å². The van der Waals surface area contributed by atoms with E-state index in [9.17, 15) is 4.79 Å². The Labute approximate surface area is 161 Å². The van der Waals surface area contributed by atoms with Gasteiger partial charge in [0.05, 0.1) is 28.9 Å². The number of thioether (sulfide) groups is 1. The summed E-state index contributed by atoms with van der Waals surface area (Å²) in [7, 11) is 1.68. The van der Waals surface area contributed by atoms with E-state index in [1.165, 1.54) is 11.8 Å². The molecule has 6 nitrogen and oxygen atoms in total. The zero-order valence-corrected chi connectivity index (χ0v) is 16.7. The number of pyridine rings is 1. The van der Waals surface area contributed by atoms with Crippen LogP contribution in [0, 0.1) is 13.8 Å². The number of H-pyrrole nitrogens is 1. The number of hydrogen-bond donors (Lipinski definition) is 1. The van der Waals surface area contributed by atoms with Gasteiger partial charge in [0.25, 0.3) is 0 Å². The molecule has 0 radical (unpaired) electrons. The molecule has 0 bridgehead atoms. The van der Waals surface area contributed by atoms with Crippen molar-refractivity contribution in [3.05, 3.63) is 40.3 Å². The zero-order chi connectivity index (χ0) is 18.8. The summed E-state index contributed by atoms with van der Waals surface area (Å²) in [6.45, 7) is 6.67. The number of halogens is 1. The van der Waals surface area contributed by atoms with Gasteiger partial charge < -0.3 is 14.3 Å². The Bertz CT molecular complexity index is 950. The summed E-state index contributed by atoms with van der Waals surface area (Å²) in [6, 6.07) is 3.90. The van der Waals surface area contributed by atoms with Gasteiger partial charge in [-0.25, -0.2) is 9.97 Å². The summed E-state index contributed by atoms with van der Waals surface area (Å²) in [5.41, 5.74) is 4.13. The average Bonchev–Trinajstić information content (AvgIpc) is 3.12. The van der Waals surface area contributed by atoms with E-state index in [1.54, 1.807) is 19.4 Å². The third-order valence-electron chi connectivity index (χ3n) is 4.26. The molecule has 0 aromatic carbocycles. The number of carbonyl (C=O) groups excluding carboxylic acids is 1. The maximum absolute atomic E-state index is 12.7. The molecule has 0 spiro atoms. The smallest absolute Gasteiger partial charge is 0.178 e. The minimum absolute atomic E-state index is 0.0745. The maximum atomic E-state index is 12.7. The van der Waals surface area contributed by atoms with Gasteiger partial charge in [0, 0.05) is 30.3 Å². The molecule has 3 rings (SSSR count). The molecule has 138 valence electrons. The van der Waals surface area contributed by atoms with Crippen molar-refractivity contribution in [2.24, 2.45) is 0 Å². The highest BCUT2D eigenvalue weighted by atomic mass is 35.5. The van der Waals surface area contributed by atoms with Gasteiger partial charge >= 0.3 is 0 Å². The predicted molar refractivity (Wildman–Crippen MR) is 104 cm³/mol. The number of nitrogens with zero attached hydrogens (tertiary/aromatic N) is 3. The first-order valence-corrected chi connectivity index (χ1v) is 9.61. The molecule has 0 amide bonds. The molecule has 0 aliphatic rings. The van der Waals surface area contributed by atoms with Gasteiger partial charge in [-0.05, 0) is 32.9 Å². The van der Waals surface area contributed by atoms with Crippen LogP contribution in [-0.4, -0.2) is 44.8 Å². The van der Waals surface area contributed by atoms with Gasteiger partial charge in [-0.1, -0.05) is 23.4 Å². The van der Waals surface area contributed by atoms with Crippen LogP contribution in [0.15, 0.2) is 23.5 Å². The highest BCUT2D eigenvalue weighted by Gasteiger charge is 2.19. The van der Waals surface area contributed by atoms with E-state index < -0.39 is 0 Å². The first-order chi connectivity index (χ1) is 12.4. The van der Waals surface area contributed by atoms with Gasteiger partial charge in [-0.3, -0.25) is 4.79 Å². The van der Waals surface area contributed by atoms with Crippen LogP contribution in [0.2, 0.25) is 5.02 Å². The lowest BCUT2D eigenvalue weighted by Crippen LogP contribution is -2.14. The monoisotopic (exact) mass is 392 g/mol. The molecule has 0 fully saturated rings. The molecule has 0 saturated carbocycles. The van der Waals surface area contributed by atoms with Gasteiger partial charge in [0.1, 0.15) is 0 Å². The SMILES string of the molecule is COC[C@H](C)n1c(C)cc(C(=O)CSc2nc3ncc(Cl)cc3[nH]2)c1C. The van der Waals surface area contributed by atoms with Gasteiger partial charge in [-0.15, -0.1) is 0 Å². The summed E-state index contributed by atoms with van der Waals surface area (Å²) in [4.78, 5) is 24.4. The summed E-state index contributed by atoms with van der Waals surface area (Å²) < 4.78 is 7.39. The molecule has 1 N–H and O–H groups in total. The van der Waals surface area contributed by atoms with E-state index in [-0.39, 0.29) is 11.8 Å². The van der Waals surface area contributed by atoms with Crippen LogP contribution in [0.1, 0.15) is 34.7 Å². The lowest BCUT2D eigenvalue weighted by atomic mass is 10.2. The number of rotatable bonds is 7. The molecule has 3 aromatic rings. The number of fused-ring (bicyclic) bond motifs is 1. The molecule has 0 aliphatic carbocycles. The average molecular weight is 393 g/mol. The number of ketones is 1. The third-order valence-corrected chi connectivity index (χ3v) is 5.34. The van der Waals surface area contributed by atoms with Crippen LogP contribution in [0.5, 0.6) is 0 Å². The highest BCUT2D eigenvalue weighted by Crippen LogP contribution is 2.25. The van der Waals surface area contributed by atoms with Crippen molar-refractivity contribution in [2.45, 2.75) is 32.0 Å². The highest BCUT2D eigenvalue weighted by molar-refractivity contribution is 7.99. The number of hydrogen-bond acceptors (Lipinski definition) is 5. The van der Waals surface area contributed by atoms with Crippen molar-refractivity contribution in [2.75, 3.05) is 19.5 Å². The fourth-order valence-electron chi connectivity index (χ4n) is 3.19. The van der Waals surface area contributed by atoms with Gasteiger partial charge in [0.15, 0.2) is 16.6 Å². The maximum Gasteiger partial charge on any atom is 0.178 e. The summed E-state index contributed by atoms with van der Waals surface area (Å²) in [5.74, 6) is 0.377. The number of aryl methyl sites for hydroxylation is 1. The predicted octanol–water partition coefficient (Wildman–Crippen LogP) is 4.21. The Morgan fingerprint density at radius 3 is 2.92 bits per heavy atom. The molecule has 8 heteroatoms. The summed E-state index contributed by atoms with van der Waals surface area (Å²) in [6.07, 6.45) is 1.56. The van der Waals surface area contributed by atoms with Crippen LogP contribution in [0.3, 0.4) is 0 Å². The van der Waals surface area contributed by atoms with Crippen molar-refractivity contribution in [1.82, 2.24) is 19.5 Å². The molecule has 3 heterocycles. The number of carbonyl (C=O) groups is 1. The minimum atomic E-state index is 0.0745. The standard InChI is InChI=1S/C18H21ClN4O2S/c1-10-5-14(12(3)23(10)11(2)8-25-4)16(24)9-26-18-21-15-6-13(19)7-20-17(15)22-18/h5-7,11H,8-9H2,1-4H3,(H,20,21,22)/t11-/m0/s1. The van der Waals surface area contributed by atoms with E-state index in [0.717, 1.165) is 22.5 Å². The molecule has 3 aromatic heterocycles. The Morgan fingerprint density at radius 1 is 1.42 bits per heavy atom. The molecule has 0 aliphatic heterocycles. The molecule has 0 saturated heterocycles. The zero-order valence-electron chi connectivity index (χ0n) is 15.2. The molecular formula is C18H21ClN4O2S. The first-order valence-electron chi connectivity index (χ1n) is 8.25. The van der Waals surface area contributed by atoms with Crippen LogP contribution in [0.25, 0.3) is 11.2 Å². The number of imidazole rings is 1. The van der Waals surface area contributed by atoms with E-state index in [4.69, 9.17) is 16.3 Å². The van der Waals surface area contributed by atoms with Crippen LogP contribution in [-0.2, 0) is 4.74 Å². The van der Waals surface area contributed by atoms with E-state index in [1.807, 2.05) is 19.9 Å². The molecule has 1 atom stereocenters. The largest absolute Gasteiger partial charge is 0.383 e. The number of aromatic amines is 1. The fraction of sp³-hybridized carbons (Fsp3) is 0.389. The normalized spacial score (nSPS) is 12.7. The van der Waals surface area contributed by atoms with Gasteiger partial charge in [-0.2, -0.15) is 0 Å². The second-order valence-corrected chi connectivity index (χ2v) is 7.64. The second-order valence-electron chi connectivity index (χ2n) is 6.24. The number of Topliss-reactive ketones (excluding diaryl/α,β-unsaturated/α-hetero) is 1. The summed E-state index contributed by atoms with van der Waals surface area (Å²) in [5, 5.41) is 1.20. The lowest BCUT2D eigenvalue weighted by molar-refractivity contribution is 0.102. The molecular weight excluding hydrogens is 372 g/mol. The van der Waals surface area contributed by atoms with Crippen molar-refractivity contribution < 1.29 is 9.53 Å². The van der Waals surface area contributed by atoms with E-state index in [2.05, 4.69) is 26.4 Å². The van der Waals surface area contributed by atoms with Gasteiger partial charge in [0.2, 0.25) is 0 Å². The fourth-order valence-corrected chi connectivity index (χ4v) is 4.10. The Kier molecular flexibility index (Phi) is 5.70. The van der Waals surface area contributed by atoms with Crippen molar-refractivity contribution >= 4 is 40.3 Å². The van der Waals surface area contributed by atoms with Crippen LogP contribution < -0.4 is 0 Å². The third kappa shape index (κ3) is 3.79. The molecule has 0 unspecified atom stereocenters. The lowest BCUT2D eigenvalue weighted by Gasteiger charge is -2.17. The number of ether oxygens (including phenoxy) is 1. The number of nitrogens with one attached hydrogen (secondary N) is 1. The first kappa shape index (κ1) is 18.9. The Morgan fingerprint density at radius 2 is 2.19 bits per heavy atom. The number of methoxy groups -OCH3 is 1. The topological polar surface area (TPSA) is 72.8 Å². The number of aromatic nitrogens is 4. The second kappa shape index (κ2) is 7.82. The van der Waals surface area contributed by atoms with E-state index in [0.29, 0.717) is 28.2 Å². The summed E-state index contributed by atoms with van der Waals surface area (Å²) >= 11 is 7.30. The minimum Gasteiger partial charge on any atom is -0.383 e. The van der Waals surface area contributed by atoms with Crippen molar-refractivity contribution in [3.8, 4) is 0 Å². The Balaban J connectivity index is 1.74. The molecule has 26 heavy (non-hydrogen) atoms. The quantitative estimate of drug-likeness (QED) is 0.481.